The number of aromatic nitrogens is 3. The summed E-state index contributed by atoms with van der Waals surface area (Å²) in [5.74, 6) is 0.538. The number of imidazole rings is 1. The number of rotatable bonds is 1. The van der Waals surface area contributed by atoms with Gasteiger partial charge in [0.1, 0.15) is 0 Å². The van der Waals surface area contributed by atoms with Gasteiger partial charge < -0.3 is 5.11 Å². The standard InChI is InChI=1S/C7H6N4O2/c12-7(13)10-5-3-9-6-8-1-2-11(6)4-5/h1-4,10H,(H,12,13). The van der Waals surface area contributed by atoms with Crippen molar-refractivity contribution < 1.29 is 9.90 Å². The van der Waals surface area contributed by atoms with Crippen LogP contribution in [-0.4, -0.2) is 25.6 Å². The Balaban J connectivity index is 2.42. The second kappa shape index (κ2) is 2.74. The van der Waals surface area contributed by atoms with E-state index in [2.05, 4.69) is 15.3 Å². The zero-order valence-electron chi connectivity index (χ0n) is 6.51. The molecule has 0 bridgehead atoms. The number of carbonyl (C=O) groups is 1. The van der Waals surface area contributed by atoms with Gasteiger partial charge in [0, 0.05) is 18.6 Å². The van der Waals surface area contributed by atoms with Crippen molar-refractivity contribution in [3.63, 3.8) is 0 Å². The Morgan fingerprint density at radius 1 is 1.54 bits per heavy atom. The van der Waals surface area contributed by atoms with Crippen molar-refractivity contribution in [3.05, 3.63) is 24.8 Å². The van der Waals surface area contributed by atoms with E-state index in [1.165, 1.54) is 6.20 Å². The van der Waals surface area contributed by atoms with Gasteiger partial charge in [-0.05, 0) is 0 Å². The third-order valence-electron chi connectivity index (χ3n) is 1.50. The average molecular weight is 178 g/mol. The molecule has 0 fully saturated rings. The Morgan fingerprint density at radius 3 is 3.15 bits per heavy atom. The molecule has 2 aromatic heterocycles. The predicted molar refractivity (Wildman–Crippen MR) is 44.6 cm³/mol. The summed E-state index contributed by atoms with van der Waals surface area (Å²) in [5, 5.41) is 10.6. The zero-order chi connectivity index (χ0) is 9.26. The molecule has 0 saturated heterocycles. The van der Waals surface area contributed by atoms with E-state index in [4.69, 9.17) is 5.11 Å². The molecule has 66 valence electrons. The molecule has 0 spiro atoms. The maximum atomic E-state index is 10.3. The van der Waals surface area contributed by atoms with Gasteiger partial charge in [0.2, 0.25) is 5.78 Å². The maximum absolute atomic E-state index is 10.3. The third kappa shape index (κ3) is 1.41. The molecule has 13 heavy (non-hydrogen) atoms. The van der Waals surface area contributed by atoms with E-state index in [0.29, 0.717) is 11.5 Å². The van der Waals surface area contributed by atoms with Crippen LogP contribution in [0.15, 0.2) is 24.8 Å². The van der Waals surface area contributed by atoms with Crippen molar-refractivity contribution in [3.8, 4) is 0 Å². The van der Waals surface area contributed by atoms with Crippen LogP contribution in [0.25, 0.3) is 5.78 Å². The summed E-state index contributed by atoms with van der Waals surface area (Å²) in [6.07, 6.45) is 5.18. The van der Waals surface area contributed by atoms with E-state index in [9.17, 15) is 4.79 Å². The van der Waals surface area contributed by atoms with E-state index in [1.54, 1.807) is 23.0 Å². The van der Waals surface area contributed by atoms with Crippen LogP contribution in [-0.2, 0) is 0 Å². The number of hydrogen-bond acceptors (Lipinski definition) is 3. The Labute approximate surface area is 72.9 Å². The predicted octanol–water partition coefficient (Wildman–Crippen LogP) is 0.819. The molecule has 2 N–H and O–H groups in total. The highest BCUT2D eigenvalue weighted by molar-refractivity contribution is 5.82. The summed E-state index contributed by atoms with van der Waals surface area (Å²) in [6.45, 7) is 0. The number of carboxylic acid groups (broad SMARTS) is 1. The average Bonchev–Trinajstić information content (AvgIpc) is 2.49. The molecule has 2 rings (SSSR count). The number of hydrogen-bond donors (Lipinski definition) is 2. The monoisotopic (exact) mass is 178 g/mol. The van der Waals surface area contributed by atoms with Crippen molar-refractivity contribution in [1.82, 2.24) is 14.4 Å². The summed E-state index contributed by atoms with van der Waals surface area (Å²) < 4.78 is 1.63. The van der Waals surface area contributed by atoms with E-state index in [0.717, 1.165) is 0 Å². The molecule has 0 aliphatic heterocycles. The van der Waals surface area contributed by atoms with Crippen LogP contribution >= 0.6 is 0 Å². The minimum atomic E-state index is -1.11. The summed E-state index contributed by atoms with van der Waals surface area (Å²) in [5.41, 5.74) is 0.415. The molecular weight excluding hydrogens is 172 g/mol. The van der Waals surface area contributed by atoms with Crippen LogP contribution in [0.2, 0.25) is 0 Å². The molecule has 2 aromatic rings. The Hall–Kier alpha value is -2.11. The molecule has 0 atom stereocenters. The number of anilines is 1. The molecule has 0 aliphatic rings. The van der Waals surface area contributed by atoms with Crippen LogP contribution in [0.5, 0.6) is 0 Å². The highest BCUT2D eigenvalue weighted by Crippen LogP contribution is 2.05. The molecule has 0 unspecified atom stereocenters. The maximum Gasteiger partial charge on any atom is 0.409 e. The van der Waals surface area contributed by atoms with Crippen molar-refractivity contribution >= 4 is 17.6 Å². The first kappa shape index (κ1) is 7.53. The van der Waals surface area contributed by atoms with Gasteiger partial charge in [-0.3, -0.25) is 9.72 Å². The molecule has 6 heteroatoms. The van der Waals surface area contributed by atoms with Crippen LogP contribution < -0.4 is 5.32 Å². The first-order valence-corrected chi connectivity index (χ1v) is 3.54. The lowest BCUT2D eigenvalue weighted by Gasteiger charge is -1.99. The molecule has 0 saturated carbocycles. The number of nitrogens with zero attached hydrogens (tertiary/aromatic N) is 3. The van der Waals surface area contributed by atoms with Gasteiger partial charge >= 0.3 is 6.09 Å². The summed E-state index contributed by atoms with van der Waals surface area (Å²) >= 11 is 0. The van der Waals surface area contributed by atoms with Crippen molar-refractivity contribution in [1.29, 1.82) is 0 Å². The highest BCUT2D eigenvalue weighted by atomic mass is 16.4. The zero-order valence-corrected chi connectivity index (χ0v) is 6.51. The van der Waals surface area contributed by atoms with Gasteiger partial charge in [-0.1, -0.05) is 0 Å². The van der Waals surface area contributed by atoms with Gasteiger partial charge in [0.05, 0.1) is 11.9 Å². The number of fused-ring (bicyclic) bond motifs is 1. The third-order valence-corrected chi connectivity index (χ3v) is 1.50. The number of nitrogens with one attached hydrogen (secondary N) is 1. The molecule has 0 aromatic carbocycles. The second-order valence-electron chi connectivity index (χ2n) is 2.41. The Bertz CT molecular complexity index is 450. The molecule has 0 aliphatic carbocycles. The smallest absolute Gasteiger partial charge is 0.409 e. The highest BCUT2D eigenvalue weighted by Gasteiger charge is 2.00. The fourth-order valence-corrected chi connectivity index (χ4v) is 1.00. The van der Waals surface area contributed by atoms with Gasteiger partial charge in [-0.25, -0.2) is 14.8 Å². The van der Waals surface area contributed by atoms with Gasteiger partial charge in [-0.15, -0.1) is 0 Å². The summed E-state index contributed by atoms with van der Waals surface area (Å²) in [4.78, 5) is 18.1. The Morgan fingerprint density at radius 2 is 2.38 bits per heavy atom. The molecule has 2 heterocycles. The van der Waals surface area contributed by atoms with E-state index >= 15 is 0 Å². The van der Waals surface area contributed by atoms with Crippen molar-refractivity contribution in [2.45, 2.75) is 0 Å². The van der Waals surface area contributed by atoms with E-state index < -0.39 is 6.09 Å². The van der Waals surface area contributed by atoms with Crippen molar-refractivity contribution in [2.24, 2.45) is 0 Å². The van der Waals surface area contributed by atoms with Crippen LogP contribution in [0.1, 0.15) is 0 Å². The molecule has 6 nitrogen and oxygen atoms in total. The van der Waals surface area contributed by atoms with E-state index in [-0.39, 0.29) is 0 Å². The van der Waals surface area contributed by atoms with Gasteiger partial charge in [-0.2, -0.15) is 0 Å². The van der Waals surface area contributed by atoms with Gasteiger partial charge in [0.25, 0.3) is 0 Å². The minimum Gasteiger partial charge on any atom is -0.465 e. The second-order valence-corrected chi connectivity index (χ2v) is 2.41. The lowest BCUT2D eigenvalue weighted by molar-refractivity contribution is 0.209. The first-order chi connectivity index (χ1) is 6.25. The first-order valence-electron chi connectivity index (χ1n) is 3.54. The molecular formula is C7H6N4O2. The van der Waals surface area contributed by atoms with Crippen LogP contribution in [0.4, 0.5) is 10.5 Å². The van der Waals surface area contributed by atoms with Gasteiger partial charge in [0.15, 0.2) is 0 Å². The quantitative estimate of drug-likeness (QED) is 0.677. The largest absolute Gasteiger partial charge is 0.465 e. The van der Waals surface area contributed by atoms with Crippen LogP contribution in [0.3, 0.4) is 0 Å². The molecule has 0 radical (unpaired) electrons. The van der Waals surface area contributed by atoms with Crippen molar-refractivity contribution in [2.75, 3.05) is 5.32 Å². The SMILES string of the molecule is O=C(O)Nc1cnc2nccn2c1. The minimum absolute atomic E-state index is 0.415. The topological polar surface area (TPSA) is 79.5 Å². The Kier molecular flexibility index (Phi) is 1.59. The molecule has 1 amide bonds. The lowest BCUT2D eigenvalue weighted by Crippen LogP contribution is -2.08. The fourth-order valence-electron chi connectivity index (χ4n) is 1.00. The summed E-state index contributed by atoms with van der Waals surface area (Å²) in [7, 11) is 0. The lowest BCUT2D eigenvalue weighted by atomic mass is 10.5. The number of amides is 1. The summed E-state index contributed by atoms with van der Waals surface area (Å²) in [6, 6.07) is 0. The van der Waals surface area contributed by atoms with Crippen LogP contribution in [0, 0.1) is 0 Å². The van der Waals surface area contributed by atoms with E-state index in [1.807, 2.05) is 0 Å². The normalized spacial score (nSPS) is 10.2. The fraction of sp³-hybridized carbons (Fsp3) is 0.